The number of primary amides is 1. The van der Waals surface area contributed by atoms with Gasteiger partial charge < -0.3 is 5.73 Å². The first-order valence-electron chi connectivity index (χ1n) is 4.77. The Morgan fingerprint density at radius 1 is 1.50 bits per heavy atom. The molecule has 4 nitrogen and oxygen atoms in total. The van der Waals surface area contributed by atoms with Crippen molar-refractivity contribution in [1.29, 1.82) is 5.26 Å². The third kappa shape index (κ3) is 1.71. The molecule has 0 spiro atoms. The largest absolute Gasteiger partial charge is 0.365 e. The number of amides is 1. The first-order valence-corrected chi connectivity index (χ1v) is 4.77. The number of para-hydroxylation sites is 1. The number of nitrogens with two attached hydrogens (primary N) is 1. The molecule has 1 aliphatic rings. The highest BCUT2D eigenvalue weighted by molar-refractivity contribution is 5.97. The SMILES string of the molecule is N#C/C(=C\C1C=Nc2ccccc21)C(N)=O. The van der Waals surface area contributed by atoms with Gasteiger partial charge in [0.25, 0.3) is 5.91 Å². The second-order valence-corrected chi connectivity index (χ2v) is 3.42. The van der Waals surface area contributed by atoms with Crippen molar-refractivity contribution < 1.29 is 4.79 Å². The maximum atomic E-state index is 10.9. The summed E-state index contributed by atoms with van der Waals surface area (Å²) in [6, 6.07) is 9.37. The lowest BCUT2D eigenvalue weighted by molar-refractivity contribution is -0.114. The Morgan fingerprint density at radius 2 is 2.25 bits per heavy atom. The number of fused-ring (bicyclic) bond motifs is 1. The number of nitriles is 1. The van der Waals surface area contributed by atoms with Crippen molar-refractivity contribution in [2.75, 3.05) is 0 Å². The number of hydrogen-bond acceptors (Lipinski definition) is 3. The lowest BCUT2D eigenvalue weighted by Crippen LogP contribution is -2.13. The minimum Gasteiger partial charge on any atom is -0.365 e. The molecule has 0 saturated carbocycles. The molecule has 2 N–H and O–H groups in total. The smallest absolute Gasteiger partial charge is 0.259 e. The average molecular weight is 211 g/mol. The van der Waals surface area contributed by atoms with Gasteiger partial charge >= 0.3 is 0 Å². The van der Waals surface area contributed by atoms with Gasteiger partial charge in [-0.2, -0.15) is 5.26 Å². The molecule has 0 aromatic heterocycles. The molecule has 0 fully saturated rings. The zero-order chi connectivity index (χ0) is 11.5. The molecule has 0 aliphatic carbocycles. The van der Waals surface area contributed by atoms with Crippen molar-refractivity contribution in [2.24, 2.45) is 10.7 Å². The molecule has 2 rings (SSSR count). The third-order valence-electron chi connectivity index (χ3n) is 2.40. The Kier molecular flexibility index (Phi) is 2.52. The van der Waals surface area contributed by atoms with Crippen LogP contribution in [0.15, 0.2) is 40.9 Å². The van der Waals surface area contributed by atoms with E-state index in [1.165, 1.54) is 6.08 Å². The molecule has 1 amide bonds. The molecule has 0 saturated heterocycles. The minimum atomic E-state index is -0.708. The van der Waals surface area contributed by atoms with Gasteiger partial charge in [0.1, 0.15) is 11.6 Å². The maximum Gasteiger partial charge on any atom is 0.259 e. The van der Waals surface area contributed by atoms with Crippen LogP contribution in [0, 0.1) is 11.3 Å². The number of rotatable bonds is 2. The molecule has 1 aliphatic heterocycles. The van der Waals surface area contributed by atoms with Crippen LogP contribution in [-0.4, -0.2) is 12.1 Å². The van der Waals surface area contributed by atoms with Gasteiger partial charge in [-0.05, 0) is 17.7 Å². The fourth-order valence-electron chi connectivity index (χ4n) is 1.61. The monoisotopic (exact) mass is 211 g/mol. The number of benzene rings is 1. The van der Waals surface area contributed by atoms with E-state index in [0.717, 1.165) is 11.3 Å². The molecule has 1 unspecified atom stereocenters. The second-order valence-electron chi connectivity index (χ2n) is 3.42. The van der Waals surface area contributed by atoms with Gasteiger partial charge in [0, 0.05) is 12.1 Å². The molecule has 4 heteroatoms. The number of carbonyl (C=O) groups excluding carboxylic acids is 1. The highest BCUT2D eigenvalue weighted by Gasteiger charge is 2.17. The third-order valence-corrected chi connectivity index (χ3v) is 2.40. The molecule has 1 aromatic carbocycles. The Morgan fingerprint density at radius 3 is 2.94 bits per heavy atom. The minimum absolute atomic E-state index is 0.0341. The van der Waals surface area contributed by atoms with Crippen molar-refractivity contribution in [3.63, 3.8) is 0 Å². The Hall–Kier alpha value is -2.41. The molecule has 16 heavy (non-hydrogen) atoms. The van der Waals surface area contributed by atoms with Gasteiger partial charge in [0.2, 0.25) is 0 Å². The van der Waals surface area contributed by atoms with Crippen molar-refractivity contribution in [3.05, 3.63) is 41.5 Å². The summed E-state index contributed by atoms with van der Waals surface area (Å²) < 4.78 is 0. The number of aliphatic imine (C=N–C) groups is 1. The second kappa shape index (κ2) is 3.99. The lowest BCUT2D eigenvalue weighted by atomic mass is 9.98. The van der Waals surface area contributed by atoms with Gasteiger partial charge in [-0.1, -0.05) is 18.2 Å². The van der Waals surface area contributed by atoms with Crippen LogP contribution in [0.5, 0.6) is 0 Å². The van der Waals surface area contributed by atoms with E-state index < -0.39 is 5.91 Å². The van der Waals surface area contributed by atoms with Gasteiger partial charge in [-0.15, -0.1) is 0 Å². The Labute approximate surface area is 92.7 Å². The number of allylic oxidation sites excluding steroid dienone is 1. The summed E-state index contributed by atoms with van der Waals surface area (Å²) in [6.45, 7) is 0. The van der Waals surface area contributed by atoms with E-state index in [9.17, 15) is 4.79 Å². The van der Waals surface area contributed by atoms with Crippen molar-refractivity contribution in [1.82, 2.24) is 0 Å². The number of nitrogens with zero attached hydrogens (tertiary/aromatic N) is 2. The first kappa shape index (κ1) is 10.1. The van der Waals surface area contributed by atoms with Crippen LogP contribution in [0.25, 0.3) is 0 Å². The van der Waals surface area contributed by atoms with Crippen LogP contribution in [-0.2, 0) is 4.79 Å². The van der Waals surface area contributed by atoms with E-state index in [4.69, 9.17) is 11.0 Å². The first-order chi connectivity index (χ1) is 7.72. The molecular weight excluding hydrogens is 202 g/mol. The summed E-state index contributed by atoms with van der Waals surface area (Å²) in [5.74, 6) is -0.848. The summed E-state index contributed by atoms with van der Waals surface area (Å²) in [7, 11) is 0. The highest BCUT2D eigenvalue weighted by atomic mass is 16.1. The molecule has 1 heterocycles. The molecule has 1 aromatic rings. The lowest BCUT2D eigenvalue weighted by Gasteiger charge is -2.03. The molecular formula is C12H9N3O. The van der Waals surface area contributed by atoms with Crippen molar-refractivity contribution in [3.8, 4) is 6.07 Å². The van der Waals surface area contributed by atoms with Crippen LogP contribution in [0.4, 0.5) is 5.69 Å². The molecule has 0 bridgehead atoms. The Bertz CT molecular complexity index is 537. The predicted molar refractivity (Wildman–Crippen MR) is 60.2 cm³/mol. The fraction of sp³-hybridized carbons (Fsp3) is 0.0833. The van der Waals surface area contributed by atoms with Crippen LogP contribution < -0.4 is 5.73 Å². The molecule has 78 valence electrons. The van der Waals surface area contributed by atoms with E-state index in [1.54, 1.807) is 12.3 Å². The van der Waals surface area contributed by atoms with Crippen LogP contribution in [0.2, 0.25) is 0 Å². The maximum absolute atomic E-state index is 10.9. The van der Waals surface area contributed by atoms with Gasteiger partial charge in [0.15, 0.2) is 0 Å². The summed E-state index contributed by atoms with van der Waals surface area (Å²) >= 11 is 0. The van der Waals surface area contributed by atoms with Crippen molar-refractivity contribution in [2.45, 2.75) is 5.92 Å². The summed E-state index contributed by atoms with van der Waals surface area (Å²) in [5, 5.41) is 8.74. The fourth-order valence-corrected chi connectivity index (χ4v) is 1.61. The van der Waals surface area contributed by atoms with Gasteiger partial charge in [-0.3, -0.25) is 9.79 Å². The number of carbonyl (C=O) groups is 1. The topological polar surface area (TPSA) is 79.2 Å². The van der Waals surface area contributed by atoms with Crippen LogP contribution in [0.3, 0.4) is 0 Å². The molecule has 0 radical (unpaired) electrons. The van der Waals surface area contributed by atoms with E-state index in [0.29, 0.717) is 0 Å². The summed E-state index contributed by atoms with van der Waals surface area (Å²) in [5.41, 5.74) is 6.89. The summed E-state index contributed by atoms with van der Waals surface area (Å²) in [4.78, 5) is 15.1. The standard InChI is InChI=1S/C12H9N3O/c13-6-8(12(14)16)5-9-7-15-11-4-2-1-3-10(9)11/h1-5,7,9H,(H2,14,16)/b8-5+. The normalized spacial score (nSPS) is 17.9. The van der Waals surface area contributed by atoms with Crippen LogP contribution >= 0.6 is 0 Å². The van der Waals surface area contributed by atoms with E-state index in [2.05, 4.69) is 4.99 Å². The van der Waals surface area contributed by atoms with Gasteiger partial charge in [-0.25, -0.2) is 0 Å². The van der Waals surface area contributed by atoms with Gasteiger partial charge in [0.05, 0.1) is 5.69 Å². The average Bonchev–Trinajstić information content (AvgIpc) is 2.69. The van der Waals surface area contributed by atoms with E-state index in [1.807, 2.05) is 24.3 Å². The quantitative estimate of drug-likeness (QED) is 0.593. The Balaban J connectivity index is 2.37. The zero-order valence-corrected chi connectivity index (χ0v) is 8.42. The number of hydrogen-bond donors (Lipinski definition) is 1. The molecule has 1 atom stereocenters. The van der Waals surface area contributed by atoms with Crippen LogP contribution in [0.1, 0.15) is 11.5 Å². The van der Waals surface area contributed by atoms with E-state index in [-0.39, 0.29) is 11.5 Å². The van der Waals surface area contributed by atoms with Crippen molar-refractivity contribution >= 4 is 17.8 Å². The predicted octanol–water partition coefficient (Wildman–Crippen LogP) is 1.42. The van der Waals surface area contributed by atoms with E-state index >= 15 is 0 Å². The summed E-state index contributed by atoms with van der Waals surface area (Å²) in [6.07, 6.45) is 3.24. The zero-order valence-electron chi connectivity index (χ0n) is 8.42. The highest BCUT2D eigenvalue weighted by Crippen LogP contribution is 2.32.